The zero-order chi connectivity index (χ0) is 19.8. The third kappa shape index (κ3) is 2.79. The monoisotopic (exact) mass is 377 g/mol. The second kappa shape index (κ2) is 6.99. The Labute approximate surface area is 161 Å². The summed E-state index contributed by atoms with van der Waals surface area (Å²) >= 11 is 0. The van der Waals surface area contributed by atoms with Gasteiger partial charge >= 0.3 is 5.69 Å². The molecule has 28 heavy (non-hydrogen) atoms. The summed E-state index contributed by atoms with van der Waals surface area (Å²) < 4.78 is 6.58. The Hall–Kier alpha value is -3.35. The van der Waals surface area contributed by atoms with Gasteiger partial charge < -0.3 is 4.57 Å². The Morgan fingerprint density at radius 1 is 1.11 bits per heavy atom. The van der Waals surface area contributed by atoms with Crippen LogP contribution < -0.4 is 11.2 Å². The fraction of sp³-hybridized carbons (Fsp3) is 0.286. The second-order valence-electron chi connectivity index (χ2n) is 6.95. The van der Waals surface area contributed by atoms with Crippen LogP contribution in [-0.4, -0.2) is 23.1 Å². The standard InChI is InChI=1S/C21H23N5O2/c1-4-12-24-15(2)14-26-17-18(22-20(24)26)23(3)21(28)25(19(17)27)13-8-11-16-9-6-5-7-10-16/h5-11,14H,4,12-13H2,1-3H3/b11-8+. The molecule has 0 aliphatic heterocycles. The predicted octanol–water partition coefficient (Wildman–Crippen LogP) is 2.58. The zero-order valence-electron chi connectivity index (χ0n) is 16.3. The number of hydrogen-bond acceptors (Lipinski definition) is 3. The first kappa shape index (κ1) is 18.0. The first-order valence-electron chi connectivity index (χ1n) is 9.42. The molecule has 0 aliphatic rings. The molecule has 4 aromatic rings. The highest BCUT2D eigenvalue weighted by Crippen LogP contribution is 2.16. The SMILES string of the molecule is CCCn1c(C)cn2c3c(=O)n(C/C=C/c4ccccc4)c(=O)n(C)c3nc12. The molecule has 4 rings (SSSR count). The largest absolute Gasteiger partial charge is 0.332 e. The lowest BCUT2D eigenvalue weighted by Crippen LogP contribution is -2.39. The number of aromatic nitrogens is 5. The summed E-state index contributed by atoms with van der Waals surface area (Å²) in [6, 6.07) is 9.79. The number of allylic oxidation sites excluding steroid dienone is 1. The van der Waals surface area contributed by atoms with E-state index in [1.54, 1.807) is 11.4 Å². The van der Waals surface area contributed by atoms with E-state index in [1.807, 2.05) is 55.6 Å². The van der Waals surface area contributed by atoms with E-state index in [-0.39, 0.29) is 17.8 Å². The predicted molar refractivity (Wildman–Crippen MR) is 111 cm³/mol. The van der Waals surface area contributed by atoms with Gasteiger partial charge in [0.1, 0.15) is 0 Å². The van der Waals surface area contributed by atoms with Crippen molar-refractivity contribution in [2.75, 3.05) is 0 Å². The molecule has 0 fully saturated rings. The lowest BCUT2D eigenvalue weighted by Gasteiger charge is -2.05. The van der Waals surface area contributed by atoms with Crippen molar-refractivity contribution in [3.8, 4) is 0 Å². The van der Waals surface area contributed by atoms with E-state index in [0.29, 0.717) is 16.9 Å². The molecule has 7 heteroatoms. The molecular weight excluding hydrogens is 354 g/mol. The van der Waals surface area contributed by atoms with Crippen LogP contribution in [0.15, 0.2) is 52.2 Å². The third-order valence-corrected chi connectivity index (χ3v) is 4.99. The highest BCUT2D eigenvalue weighted by Gasteiger charge is 2.19. The van der Waals surface area contributed by atoms with Crippen molar-refractivity contribution in [2.24, 2.45) is 7.05 Å². The molecule has 7 nitrogen and oxygen atoms in total. The average molecular weight is 377 g/mol. The van der Waals surface area contributed by atoms with Crippen molar-refractivity contribution in [3.05, 3.63) is 74.7 Å². The summed E-state index contributed by atoms with van der Waals surface area (Å²) in [5.74, 6) is 0.694. The highest BCUT2D eigenvalue weighted by molar-refractivity contribution is 5.75. The van der Waals surface area contributed by atoms with Gasteiger partial charge in [-0.2, -0.15) is 4.98 Å². The Kier molecular flexibility index (Phi) is 4.50. The van der Waals surface area contributed by atoms with Crippen LogP contribution in [0.1, 0.15) is 24.6 Å². The van der Waals surface area contributed by atoms with E-state index in [1.165, 1.54) is 9.13 Å². The van der Waals surface area contributed by atoms with Crippen LogP contribution in [0.2, 0.25) is 0 Å². The van der Waals surface area contributed by atoms with Crippen molar-refractivity contribution in [1.82, 2.24) is 23.1 Å². The van der Waals surface area contributed by atoms with Crippen LogP contribution in [0.4, 0.5) is 0 Å². The van der Waals surface area contributed by atoms with Gasteiger partial charge in [-0.15, -0.1) is 0 Å². The van der Waals surface area contributed by atoms with Crippen LogP contribution in [0.25, 0.3) is 23.0 Å². The van der Waals surface area contributed by atoms with Crippen LogP contribution in [0, 0.1) is 6.92 Å². The molecule has 0 atom stereocenters. The fourth-order valence-electron chi connectivity index (χ4n) is 3.57. The molecule has 0 saturated carbocycles. The summed E-state index contributed by atoms with van der Waals surface area (Å²) in [5, 5.41) is 0. The molecule has 144 valence electrons. The number of imidazole rings is 2. The maximum absolute atomic E-state index is 13.1. The Morgan fingerprint density at radius 2 is 1.86 bits per heavy atom. The van der Waals surface area contributed by atoms with E-state index in [4.69, 9.17) is 0 Å². The van der Waals surface area contributed by atoms with Gasteiger partial charge in [-0.05, 0) is 18.9 Å². The molecule has 0 N–H and O–H groups in total. The summed E-state index contributed by atoms with van der Waals surface area (Å²) in [5.41, 5.74) is 2.22. The maximum Gasteiger partial charge on any atom is 0.332 e. The van der Waals surface area contributed by atoms with Gasteiger partial charge in [0, 0.05) is 32.0 Å². The number of fused-ring (bicyclic) bond motifs is 3. The van der Waals surface area contributed by atoms with Gasteiger partial charge in [0.25, 0.3) is 5.56 Å². The minimum absolute atomic E-state index is 0.207. The third-order valence-electron chi connectivity index (χ3n) is 4.99. The van der Waals surface area contributed by atoms with Crippen molar-refractivity contribution >= 4 is 23.0 Å². The van der Waals surface area contributed by atoms with E-state index in [2.05, 4.69) is 16.5 Å². The van der Waals surface area contributed by atoms with Gasteiger partial charge in [-0.25, -0.2) is 4.79 Å². The molecular formula is C21H23N5O2. The van der Waals surface area contributed by atoms with Crippen molar-refractivity contribution < 1.29 is 0 Å². The quantitative estimate of drug-likeness (QED) is 0.537. The van der Waals surface area contributed by atoms with E-state index >= 15 is 0 Å². The molecule has 0 saturated heterocycles. The molecule has 0 unspecified atom stereocenters. The summed E-state index contributed by atoms with van der Waals surface area (Å²) in [6.45, 7) is 5.12. The van der Waals surface area contributed by atoms with E-state index < -0.39 is 0 Å². The number of rotatable bonds is 5. The fourth-order valence-corrected chi connectivity index (χ4v) is 3.57. The Bertz CT molecular complexity index is 1300. The zero-order valence-corrected chi connectivity index (χ0v) is 16.3. The summed E-state index contributed by atoms with van der Waals surface area (Å²) in [4.78, 5) is 30.5. The number of aryl methyl sites for hydroxylation is 3. The summed E-state index contributed by atoms with van der Waals surface area (Å²) in [6.07, 6.45) is 6.61. The van der Waals surface area contributed by atoms with Crippen LogP contribution >= 0.6 is 0 Å². The minimum atomic E-state index is -0.366. The molecule has 0 radical (unpaired) electrons. The van der Waals surface area contributed by atoms with Crippen LogP contribution in [0.3, 0.4) is 0 Å². The van der Waals surface area contributed by atoms with E-state index in [0.717, 1.165) is 24.2 Å². The number of nitrogens with zero attached hydrogens (tertiary/aromatic N) is 5. The Balaban J connectivity index is 1.87. The smallest absolute Gasteiger partial charge is 0.314 e. The Morgan fingerprint density at radius 3 is 2.57 bits per heavy atom. The molecule has 0 bridgehead atoms. The minimum Gasteiger partial charge on any atom is -0.314 e. The maximum atomic E-state index is 13.1. The molecule has 0 spiro atoms. The normalized spacial score (nSPS) is 12.0. The lowest BCUT2D eigenvalue weighted by atomic mass is 10.2. The number of benzene rings is 1. The van der Waals surface area contributed by atoms with Gasteiger partial charge in [-0.1, -0.05) is 49.4 Å². The van der Waals surface area contributed by atoms with Gasteiger partial charge in [0.15, 0.2) is 11.2 Å². The molecule has 0 aliphatic carbocycles. The van der Waals surface area contributed by atoms with Crippen molar-refractivity contribution in [2.45, 2.75) is 33.4 Å². The van der Waals surface area contributed by atoms with Crippen molar-refractivity contribution in [1.29, 1.82) is 0 Å². The second-order valence-corrected chi connectivity index (χ2v) is 6.95. The topological polar surface area (TPSA) is 66.2 Å². The molecule has 3 aromatic heterocycles. The highest BCUT2D eigenvalue weighted by atomic mass is 16.2. The van der Waals surface area contributed by atoms with Crippen LogP contribution in [0.5, 0.6) is 0 Å². The first-order valence-corrected chi connectivity index (χ1v) is 9.42. The number of hydrogen-bond donors (Lipinski definition) is 0. The molecule has 3 heterocycles. The van der Waals surface area contributed by atoms with Gasteiger partial charge in [-0.3, -0.25) is 18.3 Å². The van der Waals surface area contributed by atoms with Gasteiger partial charge in [0.2, 0.25) is 5.78 Å². The van der Waals surface area contributed by atoms with Crippen LogP contribution in [-0.2, 0) is 20.1 Å². The van der Waals surface area contributed by atoms with Gasteiger partial charge in [0.05, 0.1) is 0 Å². The average Bonchev–Trinajstić information content (AvgIpc) is 3.20. The lowest BCUT2D eigenvalue weighted by molar-refractivity contribution is 0.666. The first-order chi connectivity index (χ1) is 13.5. The van der Waals surface area contributed by atoms with Crippen molar-refractivity contribution in [3.63, 3.8) is 0 Å². The molecule has 0 amide bonds. The summed E-state index contributed by atoms with van der Waals surface area (Å²) in [7, 11) is 1.66. The molecule has 1 aromatic carbocycles. The van der Waals surface area contributed by atoms with E-state index in [9.17, 15) is 9.59 Å².